The zero-order valence-electron chi connectivity index (χ0n) is 15.9. The lowest BCUT2D eigenvalue weighted by molar-refractivity contribution is -0.137. The maximum absolute atomic E-state index is 13.6. The molecule has 1 aliphatic heterocycles. The number of nitrogens with zero attached hydrogens (tertiary/aromatic N) is 3. The van der Waals surface area contributed by atoms with Crippen molar-refractivity contribution in [2.45, 2.75) is 44.9 Å². The third-order valence-corrected chi connectivity index (χ3v) is 9.52. The van der Waals surface area contributed by atoms with Crippen molar-refractivity contribution in [3.8, 4) is 0 Å². The molecule has 1 aromatic heterocycles. The molecule has 7 heteroatoms. The minimum absolute atomic E-state index is 0.0250. The van der Waals surface area contributed by atoms with Crippen molar-refractivity contribution in [2.24, 2.45) is 4.74 Å². The van der Waals surface area contributed by atoms with Crippen LogP contribution >= 0.6 is 7.21 Å². The van der Waals surface area contributed by atoms with Crippen molar-refractivity contribution in [2.75, 3.05) is 13.1 Å². The summed E-state index contributed by atoms with van der Waals surface area (Å²) in [5.41, 5.74) is -0.649. The molecule has 1 atom stereocenters. The number of hydrogen-bond donors (Lipinski definition) is 0. The molecule has 0 amide bonds. The van der Waals surface area contributed by atoms with Gasteiger partial charge in [-0.3, -0.25) is 9.65 Å². The highest BCUT2D eigenvalue weighted by atomic mass is 31.2. The van der Waals surface area contributed by atoms with Gasteiger partial charge < -0.3 is 0 Å². The Morgan fingerprint density at radius 1 is 0.963 bits per heavy atom. The van der Waals surface area contributed by atoms with Gasteiger partial charge in [-0.05, 0) is 37.1 Å². The van der Waals surface area contributed by atoms with Gasteiger partial charge >= 0.3 is 6.18 Å². The van der Waals surface area contributed by atoms with Crippen LogP contribution in [0.2, 0.25) is 0 Å². The van der Waals surface area contributed by atoms with Gasteiger partial charge in [0.15, 0.2) is 0 Å². The van der Waals surface area contributed by atoms with Gasteiger partial charge in [-0.15, -0.1) is 0 Å². The highest BCUT2D eigenvalue weighted by Gasteiger charge is 2.43. The summed E-state index contributed by atoms with van der Waals surface area (Å²) in [7, 11) is -2.48. The second-order valence-corrected chi connectivity index (χ2v) is 11.6. The fraction of sp³-hybridized carbons (Fsp3) is 0.450. The van der Waals surface area contributed by atoms with Gasteiger partial charge in [0.1, 0.15) is 0 Å². The molecule has 3 rings (SSSR count). The molecule has 0 N–H and O–H groups in total. The maximum Gasteiger partial charge on any atom is 0.418 e. The van der Waals surface area contributed by atoms with E-state index in [0.717, 1.165) is 37.3 Å². The first kappa shape index (κ1) is 20.1. The van der Waals surface area contributed by atoms with E-state index in [2.05, 4.69) is 30.4 Å². The first-order valence-corrected chi connectivity index (χ1v) is 10.8. The highest BCUT2D eigenvalue weighted by Crippen LogP contribution is 2.65. The molecule has 0 saturated carbocycles. The smallest absolute Gasteiger partial charge is 0.265 e. The zero-order chi connectivity index (χ0) is 19.7. The SMILES string of the molecule is CC(C)(C)[P@](=Nc1ccccc1C(F)(F)F)(c1ccncc1)N1CCCC1. The number of rotatable bonds is 3. The van der Waals surface area contributed by atoms with Gasteiger partial charge in [0, 0.05) is 35.9 Å². The topological polar surface area (TPSA) is 28.5 Å². The average molecular weight is 395 g/mol. The van der Waals surface area contributed by atoms with Crippen LogP contribution in [0.5, 0.6) is 0 Å². The van der Waals surface area contributed by atoms with E-state index in [-0.39, 0.29) is 10.8 Å². The average Bonchev–Trinajstić information content (AvgIpc) is 3.13. The fourth-order valence-corrected chi connectivity index (χ4v) is 8.13. The van der Waals surface area contributed by atoms with Crippen LogP contribution in [0.3, 0.4) is 0 Å². The maximum atomic E-state index is 13.6. The zero-order valence-corrected chi connectivity index (χ0v) is 16.8. The number of pyridine rings is 1. The van der Waals surface area contributed by atoms with E-state index in [1.165, 1.54) is 12.1 Å². The highest BCUT2D eigenvalue weighted by molar-refractivity contribution is 7.73. The van der Waals surface area contributed by atoms with Crippen LogP contribution in [0.4, 0.5) is 18.9 Å². The van der Waals surface area contributed by atoms with Crippen LogP contribution < -0.4 is 5.30 Å². The molecular weight excluding hydrogens is 370 g/mol. The molecule has 0 aliphatic carbocycles. The van der Waals surface area contributed by atoms with Gasteiger partial charge in [0.05, 0.1) is 18.5 Å². The van der Waals surface area contributed by atoms with Crippen LogP contribution in [0.15, 0.2) is 53.5 Å². The molecule has 0 unspecified atom stereocenters. The van der Waals surface area contributed by atoms with Gasteiger partial charge in [-0.25, -0.2) is 4.74 Å². The molecule has 1 fully saturated rings. The summed E-state index contributed by atoms with van der Waals surface area (Å²) in [6.07, 6.45) is 1.06. The monoisotopic (exact) mass is 395 g/mol. The van der Waals surface area contributed by atoms with Gasteiger partial charge in [-0.2, -0.15) is 13.2 Å². The van der Waals surface area contributed by atoms with Crippen molar-refractivity contribution < 1.29 is 13.2 Å². The van der Waals surface area contributed by atoms with E-state index >= 15 is 0 Å². The largest absolute Gasteiger partial charge is 0.418 e. The van der Waals surface area contributed by atoms with Crippen molar-refractivity contribution >= 4 is 18.2 Å². The molecule has 2 heterocycles. The Morgan fingerprint density at radius 2 is 1.56 bits per heavy atom. The van der Waals surface area contributed by atoms with Crippen molar-refractivity contribution in [1.29, 1.82) is 0 Å². The second-order valence-electron chi connectivity index (χ2n) is 7.75. The van der Waals surface area contributed by atoms with Gasteiger partial charge in [-0.1, -0.05) is 32.9 Å². The van der Waals surface area contributed by atoms with Crippen molar-refractivity contribution in [3.63, 3.8) is 0 Å². The molecule has 3 nitrogen and oxygen atoms in total. The molecule has 2 aromatic rings. The summed E-state index contributed by atoms with van der Waals surface area (Å²) >= 11 is 0. The molecular formula is C20H25F3N3P. The predicted molar refractivity (Wildman–Crippen MR) is 105 cm³/mol. The summed E-state index contributed by atoms with van der Waals surface area (Å²) in [5, 5.41) is 0.654. The van der Waals surface area contributed by atoms with E-state index in [0.29, 0.717) is 0 Å². The van der Waals surface area contributed by atoms with Crippen LogP contribution in [-0.2, 0) is 6.18 Å². The molecule has 1 aromatic carbocycles. The van der Waals surface area contributed by atoms with E-state index in [4.69, 9.17) is 4.74 Å². The summed E-state index contributed by atoms with van der Waals surface area (Å²) < 4.78 is 48.2. The third-order valence-electron chi connectivity index (χ3n) is 4.91. The standard InChI is InChI=1S/C20H25F3N3P/c1-19(2,3)27(26-14-6-7-15-26,16-10-12-24-13-11-16)25-18-9-5-4-8-17(18)20(21,22)23/h4-5,8-13H,6-7,14-15H2,1-3H3/t27-/m0/s1. The van der Waals surface area contributed by atoms with Crippen molar-refractivity contribution in [3.05, 3.63) is 54.4 Å². The molecule has 27 heavy (non-hydrogen) atoms. The number of benzene rings is 1. The lowest BCUT2D eigenvalue weighted by atomic mass is 10.2. The third kappa shape index (κ3) is 3.83. The Bertz CT molecular complexity index is 836. The second kappa shape index (κ2) is 7.40. The number of alkyl halides is 3. The number of hydrogen-bond acceptors (Lipinski definition) is 2. The van der Waals surface area contributed by atoms with Crippen LogP contribution in [0, 0.1) is 0 Å². The Hall–Kier alpha value is -1.65. The Morgan fingerprint density at radius 3 is 2.11 bits per heavy atom. The predicted octanol–water partition coefficient (Wildman–Crippen LogP) is 6.07. The molecule has 1 saturated heterocycles. The summed E-state index contributed by atoms with van der Waals surface area (Å²) in [5.74, 6) is 0. The molecule has 1 aliphatic rings. The van der Waals surface area contributed by atoms with E-state index in [9.17, 15) is 13.2 Å². The first-order valence-electron chi connectivity index (χ1n) is 9.11. The fourth-order valence-electron chi connectivity index (χ4n) is 3.74. The number of halogens is 3. The van der Waals surface area contributed by atoms with Crippen molar-refractivity contribution in [1.82, 2.24) is 9.65 Å². The summed E-state index contributed by atoms with van der Waals surface area (Å²) in [4.78, 5) is 4.11. The Kier molecular flexibility index (Phi) is 5.51. The molecule has 146 valence electrons. The molecule has 0 radical (unpaired) electrons. The lowest BCUT2D eigenvalue weighted by Crippen LogP contribution is -2.35. The summed E-state index contributed by atoms with van der Waals surface area (Å²) in [6, 6.07) is 9.48. The van der Waals surface area contributed by atoms with Crippen LogP contribution in [-0.4, -0.2) is 27.9 Å². The normalized spacial score (nSPS) is 18.3. The Labute approximate surface area is 158 Å². The van der Waals surface area contributed by atoms with E-state index < -0.39 is 18.9 Å². The van der Waals surface area contributed by atoms with Gasteiger partial charge in [0.25, 0.3) is 0 Å². The van der Waals surface area contributed by atoms with Crippen LogP contribution in [0.1, 0.15) is 39.2 Å². The minimum atomic E-state index is -4.43. The van der Waals surface area contributed by atoms with Gasteiger partial charge in [0.2, 0.25) is 0 Å². The quantitative estimate of drug-likeness (QED) is 0.590. The minimum Gasteiger partial charge on any atom is -0.265 e. The van der Waals surface area contributed by atoms with Crippen LogP contribution in [0.25, 0.3) is 0 Å². The summed E-state index contributed by atoms with van der Waals surface area (Å²) in [6.45, 7) is 7.95. The Balaban J connectivity index is 2.36. The lowest BCUT2D eigenvalue weighted by Gasteiger charge is -2.44. The number of aromatic nitrogens is 1. The first-order chi connectivity index (χ1) is 12.7. The molecule has 0 bridgehead atoms. The molecule has 0 spiro atoms. The van der Waals surface area contributed by atoms with E-state index in [1.54, 1.807) is 18.5 Å². The van der Waals surface area contributed by atoms with E-state index in [1.807, 2.05) is 12.1 Å².